The quantitative estimate of drug-likeness (QED) is 0.410. The zero-order chi connectivity index (χ0) is 31.9. The standard InChI is InChI=1S/C31H34ClF2N5O4/c1-16-11-19(13-21(33)26(16)43-22-12-17(2)37-38-28(22)41)27(40)36-18(3)29(42)39-24(30(4,5)15-35)9-10-25(39)31(6)14-20(32)7-8-23(31)34/h7-8,11-13,18,24-25H,9-10,14H2,1-6H3,(H,36,40)(H,38,41)/t18-,24-,25+,31?/m1/s1. The van der Waals surface area contributed by atoms with Crippen LogP contribution in [0.3, 0.4) is 0 Å². The molecule has 1 aromatic carbocycles. The lowest BCUT2D eigenvalue weighted by atomic mass is 9.74. The molecule has 2 aliphatic rings. The van der Waals surface area contributed by atoms with E-state index in [0.717, 1.165) is 6.07 Å². The lowest BCUT2D eigenvalue weighted by Gasteiger charge is -2.45. The molecule has 1 aliphatic heterocycles. The van der Waals surface area contributed by atoms with Crippen molar-refractivity contribution < 1.29 is 23.1 Å². The van der Waals surface area contributed by atoms with Crippen LogP contribution in [-0.4, -0.2) is 45.0 Å². The van der Waals surface area contributed by atoms with Gasteiger partial charge in [0.2, 0.25) is 5.91 Å². The zero-order valence-corrected chi connectivity index (χ0v) is 25.6. The molecule has 0 radical (unpaired) electrons. The number of nitrogens with zero attached hydrogens (tertiary/aromatic N) is 3. The van der Waals surface area contributed by atoms with Crippen molar-refractivity contribution in [1.29, 1.82) is 5.26 Å². The van der Waals surface area contributed by atoms with Crippen molar-refractivity contribution >= 4 is 23.4 Å². The van der Waals surface area contributed by atoms with Crippen LogP contribution in [0.15, 0.2) is 46.0 Å². The first-order valence-electron chi connectivity index (χ1n) is 13.9. The molecule has 1 saturated heterocycles. The molecule has 2 heterocycles. The van der Waals surface area contributed by atoms with Gasteiger partial charge in [-0.3, -0.25) is 14.4 Å². The second-order valence-corrected chi connectivity index (χ2v) is 12.5. The van der Waals surface area contributed by atoms with E-state index < -0.39 is 58.0 Å². The smallest absolute Gasteiger partial charge is 0.307 e. The number of nitrogens with one attached hydrogen (secondary N) is 2. The first kappa shape index (κ1) is 31.9. The second-order valence-electron chi connectivity index (χ2n) is 12.0. The van der Waals surface area contributed by atoms with Crippen LogP contribution >= 0.6 is 11.6 Å². The van der Waals surface area contributed by atoms with Crippen LogP contribution in [0.1, 0.15) is 68.6 Å². The number of likely N-dealkylation sites (tertiary alicyclic amines) is 1. The SMILES string of the molecule is Cc1cc(Oc2c(C)cc(C(=O)N[C@H](C)C(=O)N3[C@H](C4(C)CC(Cl)=CC=C4F)CC[C@@H]3C(C)(C)C#N)cc2F)c(=O)[nH]n1. The molecule has 228 valence electrons. The summed E-state index contributed by atoms with van der Waals surface area (Å²) in [5.41, 5.74) is -2.09. The summed E-state index contributed by atoms with van der Waals surface area (Å²) in [5.74, 6) is -2.90. The largest absolute Gasteiger partial charge is 0.448 e. The van der Waals surface area contributed by atoms with Crippen LogP contribution in [0, 0.1) is 41.8 Å². The van der Waals surface area contributed by atoms with Crippen LogP contribution < -0.4 is 15.6 Å². The van der Waals surface area contributed by atoms with Gasteiger partial charge in [0.05, 0.1) is 23.2 Å². The lowest BCUT2D eigenvalue weighted by Crippen LogP contribution is -2.57. The number of nitriles is 1. The van der Waals surface area contributed by atoms with Crippen molar-refractivity contribution in [2.75, 3.05) is 0 Å². The monoisotopic (exact) mass is 613 g/mol. The number of rotatable bonds is 7. The van der Waals surface area contributed by atoms with Gasteiger partial charge in [0.1, 0.15) is 11.9 Å². The molecule has 9 nitrogen and oxygen atoms in total. The van der Waals surface area contributed by atoms with E-state index in [1.807, 2.05) is 0 Å². The summed E-state index contributed by atoms with van der Waals surface area (Å²) in [4.78, 5) is 40.8. The predicted molar refractivity (Wildman–Crippen MR) is 157 cm³/mol. The number of allylic oxidation sites excluding steroid dienone is 3. The van der Waals surface area contributed by atoms with Crippen LogP contribution in [0.25, 0.3) is 0 Å². The third kappa shape index (κ3) is 6.20. The number of benzene rings is 1. The number of aromatic nitrogens is 2. The van der Waals surface area contributed by atoms with E-state index >= 15 is 8.78 Å². The van der Waals surface area contributed by atoms with E-state index in [1.54, 1.807) is 27.7 Å². The predicted octanol–water partition coefficient (Wildman–Crippen LogP) is 5.73. The molecule has 1 unspecified atom stereocenters. The van der Waals surface area contributed by atoms with E-state index in [9.17, 15) is 19.6 Å². The van der Waals surface area contributed by atoms with Gasteiger partial charge in [0.15, 0.2) is 17.3 Å². The van der Waals surface area contributed by atoms with E-state index in [1.165, 1.54) is 43.0 Å². The van der Waals surface area contributed by atoms with E-state index in [2.05, 4.69) is 21.6 Å². The number of H-pyrrole nitrogens is 1. The Kier molecular flexibility index (Phi) is 8.84. The highest BCUT2D eigenvalue weighted by Crippen LogP contribution is 2.51. The molecule has 0 spiro atoms. The van der Waals surface area contributed by atoms with Gasteiger partial charge in [0, 0.05) is 28.1 Å². The Bertz CT molecular complexity index is 1610. The van der Waals surface area contributed by atoms with Gasteiger partial charge in [0.25, 0.3) is 5.91 Å². The average molecular weight is 614 g/mol. The molecular formula is C31H34ClF2N5O4. The highest BCUT2D eigenvalue weighted by molar-refractivity contribution is 6.29. The maximum Gasteiger partial charge on any atom is 0.307 e. The second kappa shape index (κ2) is 11.9. The number of amides is 2. The molecular weight excluding hydrogens is 580 g/mol. The summed E-state index contributed by atoms with van der Waals surface area (Å²) in [5, 5.41) is 19.0. The molecule has 0 bridgehead atoms. The number of carbonyl (C=O) groups is 2. The number of hydrogen-bond acceptors (Lipinski definition) is 6. The van der Waals surface area contributed by atoms with Gasteiger partial charge in [-0.1, -0.05) is 18.5 Å². The summed E-state index contributed by atoms with van der Waals surface area (Å²) in [6.07, 6.45) is 3.89. The zero-order valence-electron chi connectivity index (χ0n) is 24.8. The van der Waals surface area contributed by atoms with E-state index in [-0.39, 0.29) is 29.0 Å². The molecule has 43 heavy (non-hydrogen) atoms. The van der Waals surface area contributed by atoms with Gasteiger partial charge < -0.3 is 15.0 Å². The maximum atomic E-state index is 15.3. The Morgan fingerprint density at radius 2 is 1.95 bits per heavy atom. The van der Waals surface area contributed by atoms with Crippen LogP contribution in [0.2, 0.25) is 0 Å². The number of hydrogen-bond donors (Lipinski definition) is 2. The van der Waals surface area contributed by atoms with Gasteiger partial charge in [-0.25, -0.2) is 13.9 Å². The normalized spacial score (nSPS) is 22.7. The third-order valence-corrected chi connectivity index (χ3v) is 8.57. The molecule has 2 amide bonds. The number of halogens is 3. The Labute approximate surface area is 253 Å². The molecule has 1 aromatic heterocycles. The fraction of sp³-hybridized carbons (Fsp3) is 0.452. The summed E-state index contributed by atoms with van der Waals surface area (Å²) in [7, 11) is 0. The summed E-state index contributed by atoms with van der Waals surface area (Å²) in [6, 6.07) is 3.71. The lowest BCUT2D eigenvalue weighted by molar-refractivity contribution is -0.140. The molecule has 4 atom stereocenters. The summed E-state index contributed by atoms with van der Waals surface area (Å²) in [6.45, 7) is 9.80. The summed E-state index contributed by atoms with van der Waals surface area (Å²) >= 11 is 6.30. The minimum absolute atomic E-state index is 0.0705. The number of carbonyl (C=O) groups excluding carboxylic acids is 2. The minimum atomic E-state index is -1.11. The molecule has 1 fully saturated rings. The van der Waals surface area contributed by atoms with Crippen LogP contribution in [-0.2, 0) is 4.79 Å². The first-order valence-corrected chi connectivity index (χ1v) is 14.3. The highest BCUT2D eigenvalue weighted by Gasteiger charge is 2.54. The number of aryl methyl sites for hydroxylation is 2. The Morgan fingerprint density at radius 3 is 2.60 bits per heavy atom. The van der Waals surface area contributed by atoms with Crippen LogP contribution in [0.5, 0.6) is 11.5 Å². The topological polar surface area (TPSA) is 128 Å². The number of ether oxygens (including phenoxy) is 1. The molecule has 4 rings (SSSR count). The summed E-state index contributed by atoms with van der Waals surface area (Å²) < 4.78 is 36.0. The van der Waals surface area contributed by atoms with Gasteiger partial charge in [-0.05, 0) is 83.7 Å². The molecule has 2 aromatic rings. The van der Waals surface area contributed by atoms with E-state index in [4.69, 9.17) is 16.3 Å². The van der Waals surface area contributed by atoms with E-state index in [0.29, 0.717) is 23.6 Å². The van der Waals surface area contributed by atoms with Gasteiger partial charge in [-0.15, -0.1) is 0 Å². The van der Waals surface area contributed by atoms with Crippen molar-refractivity contribution in [3.05, 3.63) is 74.2 Å². The third-order valence-electron chi connectivity index (χ3n) is 8.31. The Morgan fingerprint density at radius 1 is 1.26 bits per heavy atom. The molecule has 0 saturated carbocycles. The minimum Gasteiger partial charge on any atom is -0.448 e. The van der Waals surface area contributed by atoms with Crippen LogP contribution in [0.4, 0.5) is 8.78 Å². The Hall–Kier alpha value is -4.04. The van der Waals surface area contributed by atoms with Crippen molar-refractivity contribution in [2.45, 2.75) is 78.9 Å². The van der Waals surface area contributed by atoms with Gasteiger partial charge >= 0.3 is 5.56 Å². The van der Waals surface area contributed by atoms with Crippen molar-refractivity contribution in [1.82, 2.24) is 20.4 Å². The fourth-order valence-electron chi connectivity index (χ4n) is 5.88. The molecule has 1 aliphatic carbocycles. The average Bonchev–Trinajstić information content (AvgIpc) is 3.41. The maximum absolute atomic E-state index is 15.3. The first-order chi connectivity index (χ1) is 20.1. The fourth-order valence-corrected chi connectivity index (χ4v) is 6.22. The van der Waals surface area contributed by atoms with Crippen molar-refractivity contribution in [3.8, 4) is 17.6 Å². The molecule has 12 heteroatoms. The van der Waals surface area contributed by atoms with Crippen molar-refractivity contribution in [3.63, 3.8) is 0 Å². The highest BCUT2D eigenvalue weighted by atomic mass is 35.5. The van der Waals surface area contributed by atoms with Crippen molar-refractivity contribution in [2.24, 2.45) is 10.8 Å². The molecule has 2 N–H and O–H groups in total. The Balaban J connectivity index is 1.59. The number of aromatic amines is 1. The van der Waals surface area contributed by atoms with Gasteiger partial charge in [-0.2, -0.15) is 10.4 Å².